The Balaban J connectivity index is 2.86. The molecule has 0 amide bonds. The highest BCUT2D eigenvalue weighted by Crippen LogP contribution is 2.36. The fraction of sp³-hybridized carbons (Fsp3) is 0.222. The molecule has 0 unspecified atom stereocenters. The van der Waals surface area contributed by atoms with E-state index < -0.39 is 4.92 Å². The van der Waals surface area contributed by atoms with E-state index in [0.717, 1.165) is 12.1 Å². The van der Waals surface area contributed by atoms with E-state index >= 15 is 0 Å². The molecule has 92 valence electrons. The van der Waals surface area contributed by atoms with Crippen molar-refractivity contribution < 1.29 is 9.66 Å². The number of nitro benzene ring substituents is 1. The van der Waals surface area contributed by atoms with Crippen LogP contribution in [0.15, 0.2) is 12.1 Å². The lowest BCUT2D eigenvalue weighted by atomic mass is 10.3. The summed E-state index contributed by atoms with van der Waals surface area (Å²) in [6.07, 6.45) is 0.226. The molecule has 0 aromatic heterocycles. The summed E-state index contributed by atoms with van der Waals surface area (Å²) in [5.41, 5.74) is 4.94. The fourth-order valence-electron chi connectivity index (χ4n) is 1.05. The topological polar surface area (TPSA) is 102 Å². The van der Waals surface area contributed by atoms with Crippen LogP contribution in [0.5, 0.6) is 5.75 Å². The molecule has 0 atom stereocenters. The zero-order valence-corrected chi connectivity index (χ0v) is 10.1. The Morgan fingerprint density at radius 1 is 1.47 bits per heavy atom. The number of hydrogen-bond donors (Lipinski definition) is 2. The Hall–Kier alpha value is -1.53. The number of nitrogens with one attached hydrogen (secondary N) is 1. The Kier molecular flexibility index (Phi) is 4.53. The van der Waals surface area contributed by atoms with Gasteiger partial charge in [-0.25, -0.2) is 0 Å². The molecule has 0 aliphatic heterocycles. The van der Waals surface area contributed by atoms with Gasteiger partial charge in [0.25, 0.3) is 5.69 Å². The van der Waals surface area contributed by atoms with Crippen molar-refractivity contribution in [2.24, 2.45) is 5.73 Å². The molecule has 3 N–H and O–H groups in total. The second-order valence-electron chi connectivity index (χ2n) is 3.12. The van der Waals surface area contributed by atoms with Gasteiger partial charge in [0.1, 0.15) is 0 Å². The average Bonchev–Trinajstić information content (AvgIpc) is 2.21. The predicted molar refractivity (Wildman–Crippen MR) is 65.1 cm³/mol. The summed E-state index contributed by atoms with van der Waals surface area (Å²) in [6.45, 7) is 0.132. The van der Waals surface area contributed by atoms with E-state index in [1.54, 1.807) is 0 Å². The molecule has 1 rings (SSSR count). The van der Waals surface area contributed by atoms with Crippen molar-refractivity contribution in [3.05, 3.63) is 32.3 Å². The number of halogens is 2. The minimum atomic E-state index is -0.600. The number of hydrogen-bond acceptors (Lipinski definition) is 4. The number of ether oxygens (including phenoxy) is 1. The monoisotopic (exact) mass is 277 g/mol. The van der Waals surface area contributed by atoms with Crippen molar-refractivity contribution in [1.29, 1.82) is 5.41 Å². The van der Waals surface area contributed by atoms with Crippen molar-refractivity contribution >= 4 is 34.7 Å². The summed E-state index contributed by atoms with van der Waals surface area (Å²) in [7, 11) is 0. The highest BCUT2D eigenvalue weighted by molar-refractivity contribution is 6.37. The molecule has 8 heteroatoms. The fourth-order valence-corrected chi connectivity index (χ4v) is 1.64. The van der Waals surface area contributed by atoms with E-state index in [1.165, 1.54) is 0 Å². The molecule has 0 heterocycles. The first-order chi connectivity index (χ1) is 7.91. The third-order valence-electron chi connectivity index (χ3n) is 1.81. The lowest BCUT2D eigenvalue weighted by molar-refractivity contribution is -0.384. The van der Waals surface area contributed by atoms with Crippen LogP contribution in [0.2, 0.25) is 10.0 Å². The van der Waals surface area contributed by atoms with Gasteiger partial charge in [0.2, 0.25) is 0 Å². The molecule has 0 saturated heterocycles. The Labute approximate surface area is 107 Å². The first-order valence-corrected chi connectivity index (χ1v) is 5.26. The van der Waals surface area contributed by atoms with E-state index in [0.29, 0.717) is 0 Å². The number of rotatable bonds is 5. The van der Waals surface area contributed by atoms with Gasteiger partial charge in [0.05, 0.1) is 27.4 Å². The van der Waals surface area contributed by atoms with E-state index in [9.17, 15) is 10.1 Å². The van der Waals surface area contributed by atoms with Crippen LogP contribution in [-0.2, 0) is 0 Å². The normalized spacial score (nSPS) is 10.0. The Bertz CT molecular complexity index is 442. The van der Waals surface area contributed by atoms with Crippen molar-refractivity contribution in [2.75, 3.05) is 6.61 Å². The molecule has 0 aliphatic rings. The standard InChI is InChI=1S/C9H9Cl2N3O3/c10-6-3-5(14(15)16)4-7(11)9(6)17-2-1-8(12)13/h3-4H,1-2H2,(H3,12,13). The van der Waals surface area contributed by atoms with E-state index in [4.69, 9.17) is 39.1 Å². The smallest absolute Gasteiger partial charge is 0.272 e. The molecule has 0 aliphatic carbocycles. The van der Waals surface area contributed by atoms with Crippen LogP contribution in [-0.4, -0.2) is 17.4 Å². The average molecular weight is 278 g/mol. The largest absolute Gasteiger partial charge is 0.490 e. The van der Waals surface area contributed by atoms with E-state index in [2.05, 4.69) is 0 Å². The van der Waals surface area contributed by atoms with Gasteiger partial charge in [-0.15, -0.1) is 0 Å². The molecule has 0 fully saturated rings. The minimum absolute atomic E-state index is 0.0286. The van der Waals surface area contributed by atoms with Gasteiger partial charge in [-0.2, -0.15) is 0 Å². The van der Waals surface area contributed by atoms with E-state index in [1.807, 2.05) is 0 Å². The molecule has 1 aromatic carbocycles. The molecule has 0 radical (unpaired) electrons. The number of nitrogens with two attached hydrogens (primary N) is 1. The molecule has 0 spiro atoms. The summed E-state index contributed by atoms with van der Waals surface area (Å²) in [5.74, 6) is 0.124. The van der Waals surface area contributed by atoms with Gasteiger partial charge in [0, 0.05) is 18.6 Å². The lowest BCUT2D eigenvalue weighted by Gasteiger charge is -2.09. The lowest BCUT2D eigenvalue weighted by Crippen LogP contribution is -2.14. The summed E-state index contributed by atoms with van der Waals surface area (Å²) in [5, 5.41) is 17.6. The Morgan fingerprint density at radius 2 is 2.00 bits per heavy atom. The van der Waals surface area contributed by atoms with Crippen LogP contribution in [0.1, 0.15) is 6.42 Å². The second kappa shape index (κ2) is 5.70. The SMILES string of the molecule is N=C(N)CCOc1c(Cl)cc([N+](=O)[O-])cc1Cl. The first-order valence-electron chi connectivity index (χ1n) is 4.51. The number of amidine groups is 1. The highest BCUT2D eigenvalue weighted by Gasteiger charge is 2.15. The molecule has 0 bridgehead atoms. The van der Waals surface area contributed by atoms with Crippen LogP contribution in [0.3, 0.4) is 0 Å². The number of benzene rings is 1. The van der Waals surface area contributed by atoms with Crippen LogP contribution in [0, 0.1) is 15.5 Å². The highest BCUT2D eigenvalue weighted by atomic mass is 35.5. The van der Waals surface area contributed by atoms with Crippen molar-refractivity contribution in [3.8, 4) is 5.75 Å². The van der Waals surface area contributed by atoms with Gasteiger partial charge >= 0.3 is 0 Å². The Morgan fingerprint density at radius 3 is 2.41 bits per heavy atom. The summed E-state index contributed by atoms with van der Waals surface area (Å²) in [6, 6.07) is 2.30. The molecule has 6 nitrogen and oxygen atoms in total. The predicted octanol–water partition coefficient (Wildman–Crippen LogP) is 2.61. The maximum atomic E-state index is 10.5. The molecular formula is C9H9Cl2N3O3. The molecule has 1 aromatic rings. The number of nitrogens with zero attached hydrogens (tertiary/aromatic N) is 1. The van der Waals surface area contributed by atoms with Gasteiger partial charge < -0.3 is 10.5 Å². The van der Waals surface area contributed by atoms with Crippen LogP contribution >= 0.6 is 23.2 Å². The first kappa shape index (κ1) is 13.5. The van der Waals surface area contributed by atoms with Gasteiger partial charge in [-0.3, -0.25) is 15.5 Å². The zero-order chi connectivity index (χ0) is 13.0. The summed E-state index contributed by atoms with van der Waals surface area (Å²) in [4.78, 5) is 9.92. The maximum Gasteiger partial charge on any atom is 0.272 e. The minimum Gasteiger partial charge on any atom is -0.490 e. The molecule has 0 saturated carbocycles. The molecule has 17 heavy (non-hydrogen) atoms. The summed E-state index contributed by atoms with van der Waals surface area (Å²) < 4.78 is 5.21. The second-order valence-corrected chi connectivity index (χ2v) is 3.93. The maximum absolute atomic E-state index is 10.5. The van der Waals surface area contributed by atoms with Crippen LogP contribution < -0.4 is 10.5 Å². The molecular weight excluding hydrogens is 269 g/mol. The van der Waals surface area contributed by atoms with Crippen LogP contribution in [0.25, 0.3) is 0 Å². The third-order valence-corrected chi connectivity index (χ3v) is 2.37. The van der Waals surface area contributed by atoms with Crippen LogP contribution in [0.4, 0.5) is 5.69 Å². The van der Waals surface area contributed by atoms with Crippen molar-refractivity contribution in [2.45, 2.75) is 6.42 Å². The van der Waals surface area contributed by atoms with Crippen molar-refractivity contribution in [3.63, 3.8) is 0 Å². The van der Waals surface area contributed by atoms with Gasteiger partial charge in [-0.05, 0) is 0 Å². The third kappa shape index (κ3) is 3.76. The zero-order valence-electron chi connectivity index (χ0n) is 8.57. The number of nitro groups is 1. The van der Waals surface area contributed by atoms with E-state index in [-0.39, 0.29) is 40.3 Å². The van der Waals surface area contributed by atoms with Gasteiger partial charge in [0.15, 0.2) is 5.75 Å². The quantitative estimate of drug-likeness (QED) is 0.374. The number of non-ortho nitro benzene ring substituents is 1. The van der Waals surface area contributed by atoms with Crippen molar-refractivity contribution in [1.82, 2.24) is 0 Å². The van der Waals surface area contributed by atoms with Gasteiger partial charge in [-0.1, -0.05) is 23.2 Å². The summed E-state index contributed by atoms with van der Waals surface area (Å²) >= 11 is 11.6.